The number of amides is 1. The molecule has 1 aromatic carbocycles. The van der Waals surface area contributed by atoms with E-state index in [4.69, 9.17) is 9.47 Å². The molecule has 0 heterocycles. The van der Waals surface area contributed by atoms with E-state index in [9.17, 15) is 4.79 Å². The lowest BCUT2D eigenvalue weighted by molar-refractivity contribution is 0.0802. The molecule has 18 heavy (non-hydrogen) atoms. The van der Waals surface area contributed by atoms with E-state index in [1.807, 2.05) is 13.8 Å². The quantitative estimate of drug-likeness (QED) is 0.838. The fourth-order valence-corrected chi connectivity index (χ4v) is 2.05. The van der Waals surface area contributed by atoms with Crippen LogP contribution in [0.5, 0.6) is 11.5 Å². The minimum Gasteiger partial charge on any atom is -0.493 e. The van der Waals surface area contributed by atoms with Crippen LogP contribution in [0.2, 0.25) is 0 Å². The van der Waals surface area contributed by atoms with Gasteiger partial charge < -0.3 is 14.4 Å². The molecule has 0 atom stereocenters. The summed E-state index contributed by atoms with van der Waals surface area (Å²) in [6.45, 7) is 5.03. The van der Waals surface area contributed by atoms with E-state index < -0.39 is 0 Å². The zero-order valence-corrected chi connectivity index (χ0v) is 12.7. The molecule has 0 aromatic heterocycles. The summed E-state index contributed by atoms with van der Waals surface area (Å²) in [7, 11) is 3.32. The number of rotatable bonds is 5. The molecule has 0 saturated heterocycles. The highest BCUT2D eigenvalue weighted by molar-refractivity contribution is 9.10. The van der Waals surface area contributed by atoms with Crippen molar-refractivity contribution >= 4 is 21.8 Å². The molecule has 0 saturated carbocycles. The lowest BCUT2D eigenvalue weighted by Crippen LogP contribution is -2.26. The van der Waals surface area contributed by atoms with E-state index >= 15 is 0 Å². The summed E-state index contributed by atoms with van der Waals surface area (Å²) >= 11 is 3.40. The Hall–Kier alpha value is -1.23. The van der Waals surface area contributed by atoms with Crippen molar-refractivity contribution in [3.8, 4) is 11.5 Å². The molecule has 5 heteroatoms. The van der Waals surface area contributed by atoms with Gasteiger partial charge in [-0.2, -0.15) is 0 Å². The smallest absolute Gasteiger partial charge is 0.253 e. The summed E-state index contributed by atoms with van der Waals surface area (Å²) in [5.41, 5.74) is 0.575. The first kappa shape index (κ1) is 14.8. The van der Waals surface area contributed by atoms with Crippen molar-refractivity contribution in [1.29, 1.82) is 0 Å². The maximum Gasteiger partial charge on any atom is 0.253 e. The van der Waals surface area contributed by atoms with Crippen LogP contribution in [-0.4, -0.2) is 38.1 Å². The summed E-state index contributed by atoms with van der Waals surface area (Å²) in [6.07, 6.45) is 0. The van der Waals surface area contributed by atoms with Crippen LogP contribution >= 0.6 is 15.9 Å². The molecule has 1 rings (SSSR count). The molecule has 100 valence electrons. The predicted octanol–water partition coefficient (Wildman–Crippen LogP) is 2.95. The standard InChI is InChI=1S/C13H18BrNO3/c1-5-15(3)13(16)9-7-10(14)12(18-6-2)11(8-9)17-4/h7-8H,5-6H2,1-4H3. The largest absolute Gasteiger partial charge is 0.493 e. The molecule has 0 aliphatic heterocycles. The third-order valence-electron chi connectivity index (χ3n) is 2.59. The lowest BCUT2D eigenvalue weighted by Gasteiger charge is -2.17. The van der Waals surface area contributed by atoms with Gasteiger partial charge in [0.05, 0.1) is 18.2 Å². The number of nitrogens with zero attached hydrogens (tertiary/aromatic N) is 1. The first-order valence-corrected chi connectivity index (χ1v) is 6.60. The maximum atomic E-state index is 12.1. The first-order valence-electron chi connectivity index (χ1n) is 5.80. The van der Waals surface area contributed by atoms with E-state index in [1.165, 1.54) is 0 Å². The van der Waals surface area contributed by atoms with Gasteiger partial charge in [-0.3, -0.25) is 4.79 Å². The Labute approximate surface area is 116 Å². The van der Waals surface area contributed by atoms with Gasteiger partial charge in [0.2, 0.25) is 0 Å². The van der Waals surface area contributed by atoms with E-state index in [1.54, 1.807) is 31.2 Å². The molecular weight excluding hydrogens is 298 g/mol. The highest BCUT2D eigenvalue weighted by Crippen LogP contribution is 2.36. The van der Waals surface area contributed by atoms with Crippen molar-refractivity contribution in [1.82, 2.24) is 4.90 Å². The Bertz CT molecular complexity index is 434. The minimum absolute atomic E-state index is 0.0421. The summed E-state index contributed by atoms with van der Waals surface area (Å²) in [5.74, 6) is 1.13. The number of methoxy groups -OCH3 is 1. The molecule has 1 amide bonds. The number of carbonyl (C=O) groups excluding carboxylic acids is 1. The van der Waals surface area contributed by atoms with Crippen molar-refractivity contribution < 1.29 is 14.3 Å². The van der Waals surface area contributed by atoms with E-state index in [0.29, 0.717) is 30.2 Å². The summed E-state index contributed by atoms with van der Waals surface area (Å²) in [6, 6.07) is 3.45. The fourth-order valence-electron chi connectivity index (χ4n) is 1.49. The molecule has 0 aliphatic carbocycles. The third kappa shape index (κ3) is 3.16. The van der Waals surface area contributed by atoms with Crippen LogP contribution in [-0.2, 0) is 0 Å². The lowest BCUT2D eigenvalue weighted by atomic mass is 10.1. The van der Waals surface area contributed by atoms with Crippen molar-refractivity contribution in [3.63, 3.8) is 0 Å². The second-order valence-corrected chi connectivity index (χ2v) is 4.60. The van der Waals surface area contributed by atoms with Gasteiger partial charge >= 0.3 is 0 Å². The monoisotopic (exact) mass is 315 g/mol. The number of ether oxygens (including phenoxy) is 2. The molecule has 0 N–H and O–H groups in total. The van der Waals surface area contributed by atoms with Crippen molar-refractivity contribution in [2.24, 2.45) is 0 Å². The van der Waals surface area contributed by atoms with Gasteiger partial charge in [0.25, 0.3) is 5.91 Å². The number of benzene rings is 1. The average Bonchev–Trinajstić information content (AvgIpc) is 2.39. The van der Waals surface area contributed by atoms with Crippen LogP contribution < -0.4 is 9.47 Å². The predicted molar refractivity (Wildman–Crippen MR) is 74.5 cm³/mol. The van der Waals surface area contributed by atoms with Gasteiger partial charge in [0.1, 0.15) is 0 Å². The zero-order chi connectivity index (χ0) is 13.7. The van der Waals surface area contributed by atoms with Gasteiger partial charge in [-0.05, 0) is 41.9 Å². The number of hydrogen-bond donors (Lipinski definition) is 0. The number of halogens is 1. The first-order chi connectivity index (χ1) is 8.54. The average molecular weight is 316 g/mol. The highest BCUT2D eigenvalue weighted by Gasteiger charge is 2.17. The Morgan fingerprint density at radius 2 is 2.06 bits per heavy atom. The molecule has 0 aliphatic rings. The summed E-state index contributed by atoms with van der Waals surface area (Å²) < 4.78 is 11.5. The highest BCUT2D eigenvalue weighted by atomic mass is 79.9. The van der Waals surface area contributed by atoms with E-state index in [0.717, 1.165) is 4.47 Å². The number of hydrogen-bond acceptors (Lipinski definition) is 3. The molecular formula is C13H18BrNO3. The van der Waals surface area contributed by atoms with Gasteiger partial charge in [0.15, 0.2) is 11.5 Å². The van der Waals surface area contributed by atoms with Crippen molar-refractivity contribution in [2.45, 2.75) is 13.8 Å². The van der Waals surface area contributed by atoms with E-state index in [2.05, 4.69) is 15.9 Å². The van der Waals surface area contributed by atoms with Crippen LogP contribution in [0.1, 0.15) is 24.2 Å². The molecule has 0 bridgehead atoms. The molecule has 0 spiro atoms. The maximum absolute atomic E-state index is 12.1. The van der Waals surface area contributed by atoms with Crippen LogP contribution in [0.3, 0.4) is 0 Å². The SMILES string of the molecule is CCOc1c(Br)cc(C(=O)N(C)CC)cc1OC. The van der Waals surface area contributed by atoms with Gasteiger partial charge in [-0.15, -0.1) is 0 Å². The Morgan fingerprint density at radius 3 is 2.56 bits per heavy atom. The third-order valence-corrected chi connectivity index (χ3v) is 3.18. The summed E-state index contributed by atoms with van der Waals surface area (Å²) in [4.78, 5) is 13.7. The van der Waals surface area contributed by atoms with E-state index in [-0.39, 0.29) is 5.91 Å². The second-order valence-electron chi connectivity index (χ2n) is 3.74. The zero-order valence-electron chi connectivity index (χ0n) is 11.1. The molecule has 1 aromatic rings. The molecule has 0 radical (unpaired) electrons. The Morgan fingerprint density at radius 1 is 1.39 bits per heavy atom. The van der Waals surface area contributed by atoms with Crippen LogP contribution in [0.4, 0.5) is 0 Å². The summed E-state index contributed by atoms with van der Waals surface area (Å²) in [5, 5.41) is 0. The van der Waals surface area contributed by atoms with Crippen LogP contribution in [0.25, 0.3) is 0 Å². The molecule has 0 fully saturated rings. The van der Waals surface area contributed by atoms with Gasteiger partial charge in [-0.1, -0.05) is 0 Å². The van der Waals surface area contributed by atoms with Gasteiger partial charge in [-0.25, -0.2) is 0 Å². The van der Waals surface area contributed by atoms with Crippen LogP contribution in [0, 0.1) is 0 Å². The van der Waals surface area contributed by atoms with Gasteiger partial charge in [0, 0.05) is 19.2 Å². The molecule has 4 nitrogen and oxygen atoms in total. The fraction of sp³-hybridized carbons (Fsp3) is 0.462. The molecule has 0 unspecified atom stereocenters. The minimum atomic E-state index is -0.0421. The topological polar surface area (TPSA) is 38.8 Å². The van der Waals surface area contributed by atoms with Crippen molar-refractivity contribution in [3.05, 3.63) is 22.2 Å². The number of carbonyl (C=O) groups is 1. The normalized spacial score (nSPS) is 10.1. The van der Waals surface area contributed by atoms with Crippen molar-refractivity contribution in [2.75, 3.05) is 27.3 Å². The van der Waals surface area contributed by atoms with Crippen LogP contribution in [0.15, 0.2) is 16.6 Å². The Balaban J connectivity index is 3.18. The Kier molecular flexibility index (Phi) is 5.47. The second kappa shape index (κ2) is 6.64.